The zero-order valence-corrected chi connectivity index (χ0v) is 19.1. The number of esters is 1. The minimum atomic E-state index is -0.407. The number of ether oxygens (including phenoxy) is 2. The Balaban J connectivity index is 1.69. The van der Waals surface area contributed by atoms with Crippen LogP contribution in [0, 0.1) is 10.1 Å². The first kappa shape index (κ1) is 22.1. The molecule has 0 spiro atoms. The van der Waals surface area contributed by atoms with Crippen LogP contribution in [0.2, 0.25) is 0 Å². The maximum atomic E-state index is 11.9. The van der Waals surface area contributed by atoms with E-state index in [-0.39, 0.29) is 5.69 Å². The molecule has 2 heterocycles. The van der Waals surface area contributed by atoms with Crippen LogP contribution in [0.25, 0.3) is 33.1 Å². The van der Waals surface area contributed by atoms with E-state index in [0.717, 1.165) is 44.4 Å². The number of rotatable bonds is 6. The number of hydrogen-bond acceptors (Lipinski definition) is 5. The molecule has 0 atom stereocenters. The number of benzene rings is 3. The van der Waals surface area contributed by atoms with Gasteiger partial charge in [-0.25, -0.2) is 4.79 Å². The number of H-pyrrole nitrogens is 1. The van der Waals surface area contributed by atoms with Crippen LogP contribution in [-0.4, -0.2) is 30.1 Å². The van der Waals surface area contributed by atoms with E-state index in [1.165, 1.54) is 19.2 Å². The maximum absolute atomic E-state index is 11.9. The monoisotopic (exact) mass is 468 g/mol. The number of nitrogens with zero attached hydrogens (tertiary/aromatic N) is 2. The summed E-state index contributed by atoms with van der Waals surface area (Å²) < 4.78 is 12.3. The van der Waals surface area contributed by atoms with Crippen LogP contribution in [0.5, 0.6) is 5.75 Å². The number of carbonyl (C=O) groups is 1. The van der Waals surface area contributed by atoms with E-state index >= 15 is 0 Å². The third-order valence-corrected chi connectivity index (χ3v) is 6.07. The molecular formula is C27H22N3O5+. The number of carbonyl (C=O) groups excluding carboxylic acids is 1. The fourth-order valence-electron chi connectivity index (χ4n) is 4.31. The van der Waals surface area contributed by atoms with E-state index < -0.39 is 10.9 Å². The topological polar surface area (TPSA) is 98.3 Å². The standard InChI is InChI=1S/C27H21N3O5/c1-34-21-11-12-24-23(15-21)22-13-14-29(16-17-3-9-20(10-4-17)30(32)33)26(25(22)28-24)18-5-7-19(8-6-18)27(31)35-2/h3-15H,16H2,1-2H3/p+1. The van der Waals surface area contributed by atoms with Crippen molar-refractivity contribution in [2.24, 2.45) is 0 Å². The number of nitrogens with one attached hydrogen (secondary N) is 1. The molecule has 0 fully saturated rings. The quantitative estimate of drug-likeness (QED) is 0.163. The molecule has 0 saturated heterocycles. The maximum Gasteiger partial charge on any atom is 0.337 e. The molecular weight excluding hydrogens is 446 g/mol. The minimum absolute atomic E-state index is 0.0531. The predicted molar refractivity (Wildman–Crippen MR) is 132 cm³/mol. The average molecular weight is 468 g/mol. The number of pyridine rings is 1. The van der Waals surface area contributed by atoms with Gasteiger partial charge in [0.15, 0.2) is 12.7 Å². The third kappa shape index (κ3) is 4.06. The van der Waals surface area contributed by atoms with E-state index in [4.69, 9.17) is 9.47 Å². The average Bonchev–Trinajstić information content (AvgIpc) is 3.26. The Hall–Kier alpha value is -4.72. The van der Waals surface area contributed by atoms with Gasteiger partial charge in [-0.1, -0.05) is 0 Å². The van der Waals surface area contributed by atoms with E-state index in [2.05, 4.69) is 9.55 Å². The molecule has 0 aliphatic rings. The molecule has 2 aromatic heterocycles. The molecule has 3 aromatic carbocycles. The molecule has 0 unspecified atom stereocenters. The van der Waals surface area contributed by atoms with Crippen molar-refractivity contribution in [2.45, 2.75) is 6.54 Å². The van der Waals surface area contributed by atoms with Gasteiger partial charge in [0.1, 0.15) is 11.3 Å². The van der Waals surface area contributed by atoms with Crippen LogP contribution >= 0.6 is 0 Å². The zero-order chi connectivity index (χ0) is 24.5. The molecule has 8 nitrogen and oxygen atoms in total. The first-order valence-electron chi connectivity index (χ1n) is 10.9. The normalized spacial score (nSPS) is 11.0. The smallest absolute Gasteiger partial charge is 0.337 e. The largest absolute Gasteiger partial charge is 0.497 e. The van der Waals surface area contributed by atoms with Gasteiger partial charge < -0.3 is 14.5 Å². The van der Waals surface area contributed by atoms with Crippen LogP contribution in [0.1, 0.15) is 15.9 Å². The Morgan fingerprint density at radius 1 is 0.971 bits per heavy atom. The van der Waals surface area contributed by atoms with Crippen molar-refractivity contribution in [3.05, 3.63) is 100 Å². The lowest BCUT2D eigenvalue weighted by molar-refractivity contribution is -0.676. The molecule has 1 N–H and O–H groups in total. The second-order valence-corrected chi connectivity index (χ2v) is 8.11. The molecule has 5 rings (SSSR count). The highest BCUT2D eigenvalue weighted by molar-refractivity contribution is 6.10. The van der Waals surface area contributed by atoms with Crippen LogP contribution < -0.4 is 9.30 Å². The summed E-state index contributed by atoms with van der Waals surface area (Å²) in [5, 5.41) is 13.1. The molecule has 174 valence electrons. The SMILES string of the molecule is COC(=O)c1ccc(-c2c3[nH]c4ccc(OC)cc4c3cc[n+]2Cc2ccc([N+](=O)[O-])cc2)cc1. The molecule has 0 amide bonds. The number of nitro groups is 1. The summed E-state index contributed by atoms with van der Waals surface area (Å²) in [5.74, 6) is 0.371. The molecule has 5 aromatic rings. The molecule has 0 aliphatic heterocycles. The van der Waals surface area contributed by atoms with Crippen molar-refractivity contribution < 1.29 is 23.8 Å². The lowest BCUT2D eigenvalue weighted by Gasteiger charge is -2.07. The summed E-state index contributed by atoms with van der Waals surface area (Å²) in [6.45, 7) is 0.501. The Morgan fingerprint density at radius 2 is 1.71 bits per heavy atom. The highest BCUT2D eigenvalue weighted by Gasteiger charge is 2.22. The van der Waals surface area contributed by atoms with Gasteiger partial charge in [-0.05, 0) is 54.6 Å². The number of methoxy groups -OCH3 is 2. The fraction of sp³-hybridized carbons (Fsp3) is 0.111. The van der Waals surface area contributed by atoms with Gasteiger partial charge >= 0.3 is 5.97 Å². The summed E-state index contributed by atoms with van der Waals surface area (Å²) in [4.78, 5) is 26.1. The Morgan fingerprint density at radius 3 is 2.37 bits per heavy atom. The zero-order valence-electron chi connectivity index (χ0n) is 19.1. The van der Waals surface area contributed by atoms with Crippen LogP contribution in [0.15, 0.2) is 79.0 Å². The molecule has 0 aliphatic carbocycles. The molecule has 0 bridgehead atoms. The van der Waals surface area contributed by atoms with Gasteiger partial charge in [0.25, 0.3) is 5.69 Å². The summed E-state index contributed by atoms with van der Waals surface area (Å²) >= 11 is 0. The Bertz CT molecular complexity index is 1570. The second kappa shape index (κ2) is 8.90. The van der Waals surface area contributed by atoms with Crippen LogP contribution in [0.4, 0.5) is 5.69 Å². The molecule has 8 heteroatoms. The lowest BCUT2D eigenvalue weighted by Crippen LogP contribution is -2.36. The number of aromatic amines is 1. The van der Waals surface area contributed by atoms with Gasteiger partial charge in [-0.15, -0.1) is 0 Å². The molecule has 35 heavy (non-hydrogen) atoms. The van der Waals surface area contributed by atoms with Crippen molar-refractivity contribution in [1.29, 1.82) is 0 Å². The number of hydrogen-bond donors (Lipinski definition) is 1. The fourth-order valence-corrected chi connectivity index (χ4v) is 4.31. The van der Waals surface area contributed by atoms with Gasteiger partial charge in [0.05, 0.1) is 24.7 Å². The van der Waals surface area contributed by atoms with E-state index in [1.807, 2.05) is 42.6 Å². The van der Waals surface area contributed by atoms with Crippen molar-refractivity contribution >= 4 is 33.5 Å². The predicted octanol–water partition coefficient (Wildman–Crippen LogP) is 5.03. The number of nitro benzene ring substituents is 1. The summed E-state index contributed by atoms with van der Waals surface area (Å²) in [7, 11) is 3.00. The van der Waals surface area contributed by atoms with Crippen molar-refractivity contribution in [3.63, 3.8) is 0 Å². The number of aromatic nitrogens is 2. The Kier molecular flexibility index (Phi) is 5.62. The number of non-ortho nitro benzene ring substituents is 1. The first-order valence-corrected chi connectivity index (χ1v) is 10.9. The molecule has 0 radical (unpaired) electrons. The van der Waals surface area contributed by atoms with Crippen molar-refractivity contribution in [3.8, 4) is 17.0 Å². The summed E-state index contributed by atoms with van der Waals surface area (Å²) in [6.07, 6.45) is 2.00. The first-order chi connectivity index (χ1) is 17.0. The summed E-state index contributed by atoms with van der Waals surface area (Å²) in [6, 6.07) is 21.7. The van der Waals surface area contributed by atoms with Crippen molar-refractivity contribution in [2.75, 3.05) is 14.2 Å². The van der Waals surface area contributed by atoms with Gasteiger partial charge in [0, 0.05) is 45.6 Å². The van der Waals surface area contributed by atoms with E-state index in [0.29, 0.717) is 12.1 Å². The highest BCUT2D eigenvalue weighted by atomic mass is 16.6. The van der Waals surface area contributed by atoms with E-state index in [9.17, 15) is 14.9 Å². The lowest BCUT2D eigenvalue weighted by atomic mass is 10.0. The van der Waals surface area contributed by atoms with Gasteiger partial charge in [-0.3, -0.25) is 10.1 Å². The van der Waals surface area contributed by atoms with Crippen LogP contribution in [0.3, 0.4) is 0 Å². The molecule has 0 saturated carbocycles. The second-order valence-electron chi connectivity index (χ2n) is 8.11. The minimum Gasteiger partial charge on any atom is -0.497 e. The highest BCUT2D eigenvalue weighted by Crippen LogP contribution is 2.33. The van der Waals surface area contributed by atoms with E-state index in [1.54, 1.807) is 31.4 Å². The summed E-state index contributed by atoms with van der Waals surface area (Å²) in [5.41, 5.74) is 5.18. The third-order valence-electron chi connectivity index (χ3n) is 6.07. The Labute approximate surface area is 200 Å². The van der Waals surface area contributed by atoms with Gasteiger partial charge in [-0.2, -0.15) is 4.57 Å². The number of fused-ring (bicyclic) bond motifs is 3. The van der Waals surface area contributed by atoms with Gasteiger partial charge in [0.2, 0.25) is 5.69 Å². The van der Waals surface area contributed by atoms with Crippen molar-refractivity contribution in [1.82, 2.24) is 4.98 Å². The van der Waals surface area contributed by atoms with Crippen LogP contribution in [-0.2, 0) is 11.3 Å².